The molecule has 0 aliphatic rings. The van der Waals surface area contributed by atoms with E-state index >= 15 is 0 Å². The molecule has 0 fully saturated rings. The molecule has 2 N–H and O–H groups in total. The Kier molecular flexibility index (Phi) is 4.56. The summed E-state index contributed by atoms with van der Waals surface area (Å²) in [6.07, 6.45) is 3.92. The molecule has 0 aliphatic carbocycles. The molecule has 0 saturated heterocycles. The highest BCUT2D eigenvalue weighted by atomic mass is 16.7. The molecule has 0 radical (unpaired) electrons. The molecule has 7 heteroatoms. The lowest BCUT2D eigenvalue weighted by Crippen LogP contribution is -2.46. The third kappa shape index (κ3) is 3.41. The third-order valence-electron chi connectivity index (χ3n) is 2.03. The van der Waals surface area contributed by atoms with Crippen LogP contribution in [0.25, 0.3) is 0 Å². The second kappa shape index (κ2) is 5.94. The highest BCUT2D eigenvalue weighted by Crippen LogP contribution is 1.96. The Morgan fingerprint density at radius 3 is 2.25 bits per heavy atom. The number of aromatic amines is 2. The number of hydrogen-bond acceptors (Lipinski definition) is 4. The summed E-state index contributed by atoms with van der Waals surface area (Å²) in [5, 5.41) is 0. The zero-order chi connectivity index (χ0) is 12.0. The SMILES string of the molecule is CCCCCCOn1c(=O)[nH]c(=O)[nH]c1=O. The van der Waals surface area contributed by atoms with Gasteiger partial charge in [-0.1, -0.05) is 24.5 Å². The van der Waals surface area contributed by atoms with Gasteiger partial charge >= 0.3 is 17.1 Å². The van der Waals surface area contributed by atoms with Gasteiger partial charge in [0, 0.05) is 0 Å². The lowest BCUT2D eigenvalue weighted by atomic mass is 10.2. The molecule has 0 unspecified atom stereocenters. The van der Waals surface area contributed by atoms with Crippen LogP contribution in [-0.4, -0.2) is 21.3 Å². The van der Waals surface area contributed by atoms with Crippen LogP contribution in [0.2, 0.25) is 0 Å². The molecule has 0 atom stereocenters. The van der Waals surface area contributed by atoms with Crippen molar-refractivity contribution in [3.8, 4) is 0 Å². The van der Waals surface area contributed by atoms with Crippen LogP contribution in [-0.2, 0) is 0 Å². The average molecular weight is 229 g/mol. The monoisotopic (exact) mass is 229 g/mol. The fourth-order valence-electron chi connectivity index (χ4n) is 1.22. The fraction of sp³-hybridized carbons (Fsp3) is 0.667. The normalized spacial score (nSPS) is 10.3. The van der Waals surface area contributed by atoms with Crippen LogP contribution >= 0.6 is 0 Å². The third-order valence-corrected chi connectivity index (χ3v) is 2.03. The summed E-state index contributed by atoms with van der Waals surface area (Å²) in [7, 11) is 0. The molecule has 16 heavy (non-hydrogen) atoms. The van der Waals surface area contributed by atoms with Crippen molar-refractivity contribution in [3.63, 3.8) is 0 Å². The minimum Gasteiger partial charge on any atom is -0.405 e. The van der Waals surface area contributed by atoms with Crippen LogP contribution in [0.3, 0.4) is 0 Å². The zero-order valence-electron chi connectivity index (χ0n) is 9.12. The predicted molar refractivity (Wildman–Crippen MR) is 57.5 cm³/mol. The van der Waals surface area contributed by atoms with E-state index in [0.29, 0.717) is 4.73 Å². The van der Waals surface area contributed by atoms with E-state index in [9.17, 15) is 14.4 Å². The number of H-pyrrole nitrogens is 2. The largest absolute Gasteiger partial charge is 0.405 e. The summed E-state index contributed by atoms with van der Waals surface area (Å²) < 4.78 is 0.521. The summed E-state index contributed by atoms with van der Waals surface area (Å²) in [4.78, 5) is 41.8. The Balaban J connectivity index is 2.58. The molecule has 1 rings (SSSR count). The number of nitrogens with zero attached hydrogens (tertiary/aromatic N) is 1. The molecule has 0 amide bonds. The molecule has 0 bridgehead atoms. The Hall–Kier alpha value is -1.79. The van der Waals surface area contributed by atoms with Crippen molar-refractivity contribution in [2.45, 2.75) is 32.6 Å². The summed E-state index contributed by atoms with van der Waals surface area (Å²) in [6, 6.07) is 0. The van der Waals surface area contributed by atoms with Gasteiger partial charge in [0.2, 0.25) is 0 Å². The van der Waals surface area contributed by atoms with Gasteiger partial charge in [0.05, 0.1) is 0 Å². The molecule has 1 aromatic rings. The van der Waals surface area contributed by atoms with Crippen LogP contribution in [0.15, 0.2) is 14.4 Å². The van der Waals surface area contributed by atoms with Gasteiger partial charge in [0.1, 0.15) is 6.61 Å². The van der Waals surface area contributed by atoms with Gasteiger partial charge in [0.25, 0.3) is 0 Å². The van der Waals surface area contributed by atoms with E-state index in [-0.39, 0.29) is 6.61 Å². The average Bonchev–Trinajstić information content (AvgIpc) is 2.20. The molecule has 90 valence electrons. The van der Waals surface area contributed by atoms with Crippen LogP contribution in [0.5, 0.6) is 0 Å². The first-order chi connectivity index (χ1) is 7.65. The topological polar surface area (TPSA) is 96.9 Å². The number of nitrogens with one attached hydrogen (secondary N) is 2. The molecule has 1 heterocycles. The molecule has 0 spiro atoms. The first-order valence-electron chi connectivity index (χ1n) is 5.24. The summed E-state index contributed by atoms with van der Waals surface area (Å²) in [5.74, 6) is 0. The van der Waals surface area contributed by atoms with E-state index in [1.54, 1.807) is 0 Å². The molecular weight excluding hydrogens is 214 g/mol. The van der Waals surface area contributed by atoms with Crippen molar-refractivity contribution in [1.82, 2.24) is 14.7 Å². The van der Waals surface area contributed by atoms with Gasteiger partial charge in [-0.15, -0.1) is 0 Å². The second-order valence-electron chi connectivity index (χ2n) is 3.38. The predicted octanol–water partition coefficient (Wildman–Crippen LogP) is -0.766. The van der Waals surface area contributed by atoms with Gasteiger partial charge in [-0.25, -0.2) is 14.4 Å². The minimum absolute atomic E-state index is 0.273. The van der Waals surface area contributed by atoms with E-state index < -0.39 is 17.1 Å². The molecular formula is C9H15N3O4. The van der Waals surface area contributed by atoms with Crippen molar-refractivity contribution in [2.75, 3.05) is 6.61 Å². The molecule has 0 aromatic carbocycles. The Labute approximate surface area is 91.0 Å². The first kappa shape index (κ1) is 12.3. The van der Waals surface area contributed by atoms with Crippen LogP contribution in [0, 0.1) is 0 Å². The maximum atomic E-state index is 11.1. The number of aromatic nitrogens is 3. The first-order valence-corrected chi connectivity index (χ1v) is 5.24. The van der Waals surface area contributed by atoms with Crippen LogP contribution < -0.4 is 21.9 Å². The highest BCUT2D eigenvalue weighted by molar-refractivity contribution is 4.64. The Morgan fingerprint density at radius 2 is 1.69 bits per heavy atom. The van der Waals surface area contributed by atoms with Gasteiger partial charge in [-0.2, -0.15) is 0 Å². The minimum atomic E-state index is -0.857. The van der Waals surface area contributed by atoms with Crippen molar-refractivity contribution in [1.29, 1.82) is 0 Å². The van der Waals surface area contributed by atoms with Crippen LogP contribution in [0.4, 0.5) is 0 Å². The summed E-state index contributed by atoms with van der Waals surface area (Å²) in [6.45, 7) is 2.35. The maximum absolute atomic E-state index is 11.1. The smallest absolute Gasteiger partial charge is 0.367 e. The van der Waals surface area contributed by atoms with Gasteiger partial charge in [-0.05, 0) is 12.8 Å². The molecule has 0 aliphatic heterocycles. The number of unbranched alkanes of at least 4 members (excludes halogenated alkanes) is 3. The van der Waals surface area contributed by atoms with Crippen LogP contribution in [0.1, 0.15) is 32.6 Å². The van der Waals surface area contributed by atoms with E-state index in [2.05, 4.69) is 6.92 Å². The van der Waals surface area contributed by atoms with Crippen molar-refractivity contribution in [3.05, 3.63) is 31.5 Å². The Morgan fingerprint density at radius 1 is 1.06 bits per heavy atom. The highest BCUT2D eigenvalue weighted by Gasteiger charge is 2.02. The van der Waals surface area contributed by atoms with E-state index in [1.807, 2.05) is 9.97 Å². The van der Waals surface area contributed by atoms with E-state index in [0.717, 1.165) is 25.7 Å². The summed E-state index contributed by atoms with van der Waals surface area (Å²) >= 11 is 0. The van der Waals surface area contributed by atoms with Gasteiger partial charge < -0.3 is 4.84 Å². The fourth-order valence-corrected chi connectivity index (χ4v) is 1.22. The molecule has 1 aromatic heterocycles. The second-order valence-corrected chi connectivity index (χ2v) is 3.38. The van der Waals surface area contributed by atoms with Crippen molar-refractivity contribution in [2.24, 2.45) is 0 Å². The lowest BCUT2D eigenvalue weighted by Gasteiger charge is -2.04. The van der Waals surface area contributed by atoms with E-state index in [4.69, 9.17) is 4.84 Å². The van der Waals surface area contributed by atoms with Gasteiger partial charge in [-0.3, -0.25) is 9.97 Å². The lowest BCUT2D eigenvalue weighted by molar-refractivity contribution is 0.0839. The molecule has 0 saturated carbocycles. The standard InChI is InChI=1S/C9H15N3O4/c1-2-3-4-5-6-16-12-8(14)10-7(13)11-9(12)15/h2-6H2,1H3,(H2,10,11,13,14,15). The molecule has 7 nitrogen and oxygen atoms in total. The van der Waals surface area contributed by atoms with E-state index in [1.165, 1.54) is 0 Å². The number of hydrogen-bond donors (Lipinski definition) is 2. The Bertz CT molecular complexity index is 450. The maximum Gasteiger partial charge on any atom is 0.367 e. The van der Waals surface area contributed by atoms with Crippen molar-refractivity contribution >= 4 is 0 Å². The van der Waals surface area contributed by atoms with Gasteiger partial charge in [0.15, 0.2) is 0 Å². The zero-order valence-corrected chi connectivity index (χ0v) is 9.12. The summed E-state index contributed by atoms with van der Waals surface area (Å²) in [5.41, 5.74) is -2.55. The van der Waals surface area contributed by atoms with Crippen molar-refractivity contribution < 1.29 is 4.84 Å². The quantitative estimate of drug-likeness (QED) is 0.626. The number of rotatable bonds is 6.